The molecular formula is C16H17N5O4. The van der Waals surface area contributed by atoms with Gasteiger partial charge in [-0.15, -0.1) is 0 Å². The van der Waals surface area contributed by atoms with Crippen LogP contribution in [0, 0.1) is 0 Å². The number of nitrogens with one attached hydrogen (secondary N) is 1. The fraction of sp³-hybridized carbons (Fsp3) is 0.250. The van der Waals surface area contributed by atoms with Crippen molar-refractivity contribution < 1.29 is 9.63 Å². The van der Waals surface area contributed by atoms with E-state index in [1.54, 1.807) is 7.05 Å². The Bertz CT molecular complexity index is 1030. The van der Waals surface area contributed by atoms with Crippen LogP contribution < -0.4 is 16.7 Å². The summed E-state index contributed by atoms with van der Waals surface area (Å²) < 4.78 is 3.59. The predicted molar refractivity (Wildman–Crippen MR) is 89.6 cm³/mol. The van der Waals surface area contributed by atoms with Gasteiger partial charge in [-0.25, -0.2) is 19.8 Å². The van der Waals surface area contributed by atoms with Crippen LogP contribution in [-0.2, 0) is 36.9 Å². The third kappa shape index (κ3) is 3.22. The van der Waals surface area contributed by atoms with Gasteiger partial charge in [0.05, 0.1) is 12.9 Å². The molecule has 0 aliphatic carbocycles. The van der Waals surface area contributed by atoms with Crippen LogP contribution in [0.3, 0.4) is 0 Å². The average Bonchev–Trinajstić information content (AvgIpc) is 3.00. The molecule has 9 heteroatoms. The van der Waals surface area contributed by atoms with Crippen LogP contribution in [0.4, 0.5) is 0 Å². The number of carbonyl (C=O) groups is 1. The van der Waals surface area contributed by atoms with Crippen LogP contribution in [0.15, 0.2) is 46.2 Å². The molecule has 1 aromatic carbocycles. The Balaban J connectivity index is 1.76. The highest BCUT2D eigenvalue weighted by Crippen LogP contribution is 2.03. The van der Waals surface area contributed by atoms with E-state index in [0.717, 1.165) is 10.1 Å². The number of fused-ring (bicyclic) bond motifs is 1. The molecule has 0 spiro atoms. The quantitative estimate of drug-likeness (QED) is 0.640. The molecule has 0 saturated heterocycles. The molecule has 9 nitrogen and oxygen atoms in total. The van der Waals surface area contributed by atoms with Crippen molar-refractivity contribution >= 4 is 17.1 Å². The molecule has 0 saturated carbocycles. The molecule has 130 valence electrons. The van der Waals surface area contributed by atoms with Crippen LogP contribution >= 0.6 is 0 Å². The van der Waals surface area contributed by atoms with Crippen molar-refractivity contribution in [3.8, 4) is 0 Å². The topological polar surface area (TPSA) is 100 Å². The lowest BCUT2D eigenvalue weighted by atomic mass is 10.2. The van der Waals surface area contributed by atoms with Gasteiger partial charge in [0.1, 0.15) is 6.54 Å². The monoisotopic (exact) mass is 343 g/mol. The molecule has 0 radical (unpaired) electrons. The van der Waals surface area contributed by atoms with Gasteiger partial charge in [-0.05, 0) is 5.56 Å². The van der Waals surface area contributed by atoms with E-state index >= 15 is 0 Å². The van der Waals surface area contributed by atoms with E-state index in [-0.39, 0.29) is 17.8 Å². The molecule has 2 aromatic heterocycles. The van der Waals surface area contributed by atoms with Crippen molar-refractivity contribution in [3.63, 3.8) is 0 Å². The Kier molecular flexibility index (Phi) is 4.48. The molecule has 1 N–H and O–H groups in total. The lowest BCUT2D eigenvalue weighted by molar-refractivity contribution is -0.135. The van der Waals surface area contributed by atoms with Crippen LogP contribution in [0.1, 0.15) is 5.56 Å². The van der Waals surface area contributed by atoms with Crippen molar-refractivity contribution in [2.75, 3.05) is 0 Å². The molecular weight excluding hydrogens is 326 g/mol. The summed E-state index contributed by atoms with van der Waals surface area (Å²) in [6.07, 6.45) is 1.44. The number of rotatable bonds is 5. The molecule has 25 heavy (non-hydrogen) atoms. The van der Waals surface area contributed by atoms with Crippen molar-refractivity contribution in [3.05, 3.63) is 63.1 Å². The van der Waals surface area contributed by atoms with Gasteiger partial charge >= 0.3 is 5.69 Å². The molecule has 0 atom stereocenters. The highest BCUT2D eigenvalue weighted by molar-refractivity contribution is 5.75. The number of hydroxylamine groups is 1. The summed E-state index contributed by atoms with van der Waals surface area (Å²) in [5.74, 6) is -0.600. The fourth-order valence-corrected chi connectivity index (χ4v) is 2.49. The smallest absolute Gasteiger partial charge is 0.328 e. The third-order valence-corrected chi connectivity index (χ3v) is 3.77. The first-order valence-corrected chi connectivity index (χ1v) is 7.54. The Morgan fingerprint density at radius 3 is 2.64 bits per heavy atom. The summed E-state index contributed by atoms with van der Waals surface area (Å²) in [7, 11) is 3.14. The molecule has 3 rings (SSSR count). The van der Waals surface area contributed by atoms with Crippen molar-refractivity contribution in [1.82, 2.24) is 24.2 Å². The SMILES string of the molecule is Cn1cnc2c1c(=O)n(CC(=O)NOCc1ccccc1)c(=O)n2C. The minimum absolute atomic E-state index is 0.181. The number of hydrogen-bond acceptors (Lipinski definition) is 5. The van der Waals surface area contributed by atoms with E-state index in [1.807, 2.05) is 30.3 Å². The minimum atomic E-state index is -0.616. The van der Waals surface area contributed by atoms with E-state index in [2.05, 4.69) is 10.5 Å². The number of aromatic nitrogens is 4. The van der Waals surface area contributed by atoms with E-state index < -0.39 is 23.7 Å². The van der Waals surface area contributed by atoms with E-state index in [0.29, 0.717) is 0 Å². The summed E-state index contributed by atoms with van der Waals surface area (Å²) in [6, 6.07) is 9.28. The first kappa shape index (κ1) is 16.7. The molecule has 3 aromatic rings. The lowest BCUT2D eigenvalue weighted by Crippen LogP contribution is -2.43. The van der Waals surface area contributed by atoms with Crippen molar-refractivity contribution in [2.24, 2.45) is 14.1 Å². The Morgan fingerprint density at radius 1 is 1.20 bits per heavy atom. The van der Waals surface area contributed by atoms with E-state index in [1.165, 1.54) is 22.5 Å². The normalized spacial score (nSPS) is 11.0. The number of imidazole rings is 1. The number of benzene rings is 1. The zero-order chi connectivity index (χ0) is 18.0. The van der Waals surface area contributed by atoms with Gasteiger partial charge in [0, 0.05) is 14.1 Å². The molecule has 2 heterocycles. The molecule has 0 fully saturated rings. The highest BCUT2D eigenvalue weighted by Gasteiger charge is 2.16. The fourth-order valence-electron chi connectivity index (χ4n) is 2.49. The molecule has 0 aliphatic heterocycles. The maximum Gasteiger partial charge on any atom is 0.332 e. The summed E-state index contributed by atoms with van der Waals surface area (Å²) in [5, 5.41) is 0. The zero-order valence-electron chi connectivity index (χ0n) is 13.8. The Hall–Kier alpha value is -3.20. The summed E-state index contributed by atoms with van der Waals surface area (Å²) in [5.41, 5.74) is 2.46. The second-order valence-electron chi connectivity index (χ2n) is 5.56. The van der Waals surface area contributed by atoms with Crippen LogP contribution in [0.5, 0.6) is 0 Å². The summed E-state index contributed by atoms with van der Waals surface area (Å²) >= 11 is 0. The highest BCUT2D eigenvalue weighted by atomic mass is 16.6. The Morgan fingerprint density at radius 2 is 1.92 bits per heavy atom. The van der Waals surface area contributed by atoms with Gasteiger partial charge < -0.3 is 4.57 Å². The number of hydrogen-bond donors (Lipinski definition) is 1. The van der Waals surface area contributed by atoms with Gasteiger partial charge in [-0.2, -0.15) is 0 Å². The minimum Gasteiger partial charge on any atom is -0.328 e. The maximum absolute atomic E-state index is 12.5. The van der Waals surface area contributed by atoms with Crippen LogP contribution in [0.2, 0.25) is 0 Å². The molecule has 1 amide bonds. The molecule has 0 aliphatic rings. The molecule has 0 bridgehead atoms. The van der Waals surface area contributed by atoms with Gasteiger partial charge in [-0.1, -0.05) is 30.3 Å². The van der Waals surface area contributed by atoms with E-state index in [9.17, 15) is 14.4 Å². The third-order valence-electron chi connectivity index (χ3n) is 3.77. The van der Waals surface area contributed by atoms with Gasteiger partial charge in [0.25, 0.3) is 11.5 Å². The van der Waals surface area contributed by atoms with Crippen molar-refractivity contribution in [1.29, 1.82) is 0 Å². The largest absolute Gasteiger partial charge is 0.332 e. The van der Waals surface area contributed by atoms with Crippen LogP contribution in [-0.4, -0.2) is 24.6 Å². The number of amides is 1. The number of nitrogens with zero attached hydrogens (tertiary/aromatic N) is 4. The maximum atomic E-state index is 12.5. The second-order valence-corrected chi connectivity index (χ2v) is 5.56. The summed E-state index contributed by atoms with van der Waals surface area (Å²) in [6.45, 7) is -0.262. The van der Waals surface area contributed by atoms with Gasteiger partial charge in [-0.3, -0.25) is 19.0 Å². The Labute approximate surface area is 142 Å². The number of carbonyl (C=O) groups excluding carboxylic acids is 1. The standard InChI is InChI=1S/C16H17N5O4/c1-19-10-17-14-13(19)15(23)21(16(24)20(14)2)8-12(22)18-25-9-11-6-4-3-5-7-11/h3-7,10H,8-9H2,1-2H3,(H,18,22). The number of aryl methyl sites for hydroxylation is 2. The van der Waals surface area contributed by atoms with Gasteiger partial charge in [0.15, 0.2) is 11.2 Å². The van der Waals surface area contributed by atoms with Crippen molar-refractivity contribution in [2.45, 2.75) is 13.2 Å². The zero-order valence-corrected chi connectivity index (χ0v) is 13.8. The first-order chi connectivity index (χ1) is 12.0. The van der Waals surface area contributed by atoms with Crippen LogP contribution in [0.25, 0.3) is 11.2 Å². The second kappa shape index (κ2) is 6.73. The first-order valence-electron chi connectivity index (χ1n) is 7.54. The average molecular weight is 343 g/mol. The molecule has 0 unspecified atom stereocenters. The predicted octanol–water partition coefficient (Wildman–Crippen LogP) is -0.318. The van der Waals surface area contributed by atoms with E-state index in [4.69, 9.17) is 4.84 Å². The lowest BCUT2D eigenvalue weighted by Gasteiger charge is -2.09. The van der Waals surface area contributed by atoms with Gasteiger partial charge in [0.2, 0.25) is 0 Å². The summed E-state index contributed by atoms with van der Waals surface area (Å²) in [4.78, 5) is 45.9.